The van der Waals surface area contributed by atoms with E-state index in [1.807, 2.05) is 0 Å². The van der Waals surface area contributed by atoms with Crippen LogP contribution < -0.4 is 5.73 Å². The third-order valence-corrected chi connectivity index (χ3v) is 3.86. The van der Waals surface area contributed by atoms with Crippen molar-refractivity contribution in [3.05, 3.63) is 34.9 Å². The average molecular weight is 187 g/mol. The highest BCUT2D eigenvalue weighted by atomic mass is 14.6. The molecule has 0 radical (unpaired) electrons. The largest absolute Gasteiger partial charge is 0.324 e. The van der Waals surface area contributed by atoms with Gasteiger partial charge >= 0.3 is 0 Å². The topological polar surface area (TPSA) is 26.0 Å². The molecule has 1 aromatic carbocycles. The predicted molar refractivity (Wildman–Crippen MR) is 58.3 cm³/mol. The second kappa shape index (κ2) is 3.09. The molecule has 2 N–H and O–H groups in total. The summed E-state index contributed by atoms with van der Waals surface area (Å²) >= 11 is 0. The van der Waals surface area contributed by atoms with Crippen LogP contribution in [0.4, 0.5) is 0 Å². The van der Waals surface area contributed by atoms with Crippen LogP contribution in [0.2, 0.25) is 0 Å². The van der Waals surface area contributed by atoms with Gasteiger partial charge in [-0.3, -0.25) is 0 Å². The highest BCUT2D eigenvalue weighted by Crippen LogP contribution is 2.43. The molecule has 1 unspecified atom stereocenters. The molecule has 0 bridgehead atoms. The summed E-state index contributed by atoms with van der Waals surface area (Å²) in [5.74, 6) is 0.828. The number of aryl methyl sites for hydroxylation is 1. The van der Waals surface area contributed by atoms with Crippen LogP contribution in [-0.4, -0.2) is 0 Å². The summed E-state index contributed by atoms with van der Waals surface area (Å²) in [5.41, 5.74) is 10.8. The Morgan fingerprint density at radius 2 is 2.07 bits per heavy atom. The predicted octanol–water partition coefficient (Wildman–Crippen LogP) is 2.90. The lowest BCUT2D eigenvalue weighted by molar-refractivity contribution is 0.439. The number of hydrogen-bond acceptors (Lipinski definition) is 1. The lowest BCUT2D eigenvalue weighted by atomic mass is 9.72. The molecule has 0 saturated heterocycles. The Hall–Kier alpha value is -0.820. The van der Waals surface area contributed by atoms with E-state index in [0.29, 0.717) is 6.04 Å². The molecule has 1 aromatic rings. The monoisotopic (exact) mass is 187 g/mol. The van der Waals surface area contributed by atoms with E-state index in [4.69, 9.17) is 5.73 Å². The van der Waals surface area contributed by atoms with Gasteiger partial charge in [0.1, 0.15) is 0 Å². The zero-order chi connectivity index (χ0) is 9.54. The zero-order valence-electron chi connectivity index (χ0n) is 8.50. The summed E-state index contributed by atoms with van der Waals surface area (Å²) in [6, 6.07) is 7.02. The molecular weight excluding hydrogens is 170 g/mol. The first-order valence-electron chi connectivity index (χ1n) is 5.73. The Bertz CT molecular complexity index is 356. The summed E-state index contributed by atoms with van der Waals surface area (Å²) in [4.78, 5) is 0. The van der Waals surface area contributed by atoms with Gasteiger partial charge < -0.3 is 5.73 Å². The molecule has 0 aliphatic heterocycles. The van der Waals surface area contributed by atoms with Crippen LogP contribution in [0.25, 0.3) is 0 Å². The second-order valence-electron chi connectivity index (χ2n) is 4.69. The van der Waals surface area contributed by atoms with Gasteiger partial charge in [-0.25, -0.2) is 0 Å². The fourth-order valence-corrected chi connectivity index (χ4v) is 3.18. The second-order valence-corrected chi connectivity index (χ2v) is 4.69. The third kappa shape index (κ3) is 1.12. The molecule has 3 rings (SSSR count). The van der Waals surface area contributed by atoms with Crippen LogP contribution in [0.1, 0.15) is 54.3 Å². The van der Waals surface area contributed by atoms with Gasteiger partial charge in [-0.1, -0.05) is 18.2 Å². The first-order chi connectivity index (χ1) is 6.86. The lowest BCUT2D eigenvalue weighted by Gasteiger charge is -2.34. The van der Waals surface area contributed by atoms with Gasteiger partial charge in [0.2, 0.25) is 0 Å². The van der Waals surface area contributed by atoms with E-state index >= 15 is 0 Å². The van der Waals surface area contributed by atoms with Gasteiger partial charge in [0.05, 0.1) is 0 Å². The quantitative estimate of drug-likeness (QED) is 0.664. The Morgan fingerprint density at radius 1 is 1.14 bits per heavy atom. The summed E-state index contributed by atoms with van der Waals surface area (Å²) in [6.45, 7) is 0. The molecule has 0 fully saturated rings. The molecule has 74 valence electrons. The van der Waals surface area contributed by atoms with Crippen molar-refractivity contribution in [3.8, 4) is 0 Å². The van der Waals surface area contributed by atoms with E-state index in [1.54, 1.807) is 11.1 Å². The Labute approximate surface area is 85.3 Å². The van der Waals surface area contributed by atoms with Crippen molar-refractivity contribution in [2.45, 2.75) is 44.1 Å². The maximum absolute atomic E-state index is 6.16. The van der Waals surface area contributed by atoms with Crippen LogP contribution in [0, 0.1) is 0 Å². The van der Waals surface area contributed by atoms with Gasteiger partial charge in [0.15, 0.2) is 0 Å². The van der Waals surface area contributed by atoms with Crippen LogP contribution in [0.15, 0.2) is 18.2 Å². The molecule has 2 aliphatic carbocycles. The zero-order valence-corrected chi connectivity index (χ0v) is 8.50. The molecule has 1 heteroatoms. The summed E-state index contributed by atoms with van der Waals surface area (Å²) in [6.07, 6.45) is 6.52. The first-order valence-corrected chi connectivity index (χ1v) is 5.73. The van der Waals surface area contributed by atoms with E-state index in [1.165, 1.54) is 37.7 Å². The maximum Gasteiger partial charge on any atom is 0.0298 e. The fraction of sp³-hybridized carbons (Fsp3) is 0.538. The van der Waals surface area contributed by atoms with Crippen molar-refractivity contribution >= 4 is 0 Å². The van der Waals surface area contributed by atoms with Crippen molar-refractivity contribution in [3.63, 3.8) is 0 Å². The number of nitrogens with two attached hydrogens (primary N) is 1. The third-order valence-electron chi connectivity index (χ3n) is 3.86. The summed E-state index contributed by atoms with van der Waals surface area (Å²) in [7, 11) is 0. The van der Waals surface area contributed by atoms with Crippen LogP contribution in [0.3, 0.4) is 0 Å². The average Bonchev–Trinajstić information content (AvgIpc) is 2.24. The van der Waals surface area contributed by atoms with Crippen LogP contribution in [0.5, 0.6) is 0 Å². The van der Waals surface area contributed by atoms with E-state index in [-0.39, 0.29) is 0 Å². The number of benzene rings is 1. The molecule has 2 aliphatic rings. The van der Waals surface area contributed by atoms with Crippen molar-refractivity contribution < 1.29 is 0 Å². The molecular formula is C13H17N. The Kier molecular flexibility index (Phi) is 1.88. The minimum absolute atomic E-state index is 0.305. The molecule has 14 heavy (non-hydrogen) atoms. The number of hydrogen-bond donors (Lipinski definition) is 1. The van der Waals surface area contributed by atoms with Crippen molar-refractivity contribution in [2.75, 3.05) is 0 Å². The minimum Gasteiger partial charge on any atom is -0.324 e. The van der Waals surface area contributed by atoms with Crippen molar-refractivity contribution in [1.82, 2.24) is 0 Å². The van der Waals surface area contributed by atoms with E-state index < -0.39 is 0 Å². The van der Waals surface area contributed by atoms with E-state index in [0.717, 1.165) is 5.92 Å². The van der Waals surface area contributed by atoms with E-state index in [2.05, 4.69) is 18.2 Å². The Morgan fingerprint density at radius 3 is 3.00 bits per heavy atom. The van der Waals surface area contributed by atoms with Gasteiger partial charge in [-0.05, 0) is 54.7 Å². The van der Waals surface area contributed by atoms with Gasteiger partial charge in [0.25, 0.3) is 0 Å². The van der Waals surface area contributed by atoms with Gasteiger partial charge in [0, 0.05) is 6.04 Å². The van der Waals surface area contributed by atoms with Gasteiger partial charge in [-0.2, -0.15) is 0 Å². The molecule has 0 saturated carbocycles. The molecule has 2 atom stereocenters. The summed E-state index contributed by atoms with van der Waals surface area (Å²) < 4.78 is 0. The molecule has 1 nitrogen and oxygen atoms in total. The first kappa shape index (κ1) is 8.49. The normalized spacial score (nSPS) is 29.8. The smallest absolute Gasteiger partial charge is 0.0298 e. The SMILES string of the molecule is NC1CC[C@@H]2CCCc3cccc1c32. The lowest BCUT2D eigenvalue weighted by Crippen LogP contribution is -2.24. The van der Waals surface area contributed by atoms with Crippen molar-refractivity contribution in [1.29, 1.82) is 0 Å². The highest BCUT2D eigenvalue weighted by molar-refractivity contribution is 5.43. The van der Waals surface area contributed by atoms with E-state index in [9.17, 15) is 0 Å². The minimum atomic E-state index is 0.305. The fourth-order valence-electron chi connectivity index (χ4n) is 3.18. The Balaban J connectivity index is 2.19. The molecule has 0 spiro atoms. The highest BCUT2D eigenvalue weighted by Gasteiger charge is 2.29. The summed E-state index contributed by atoms with van der Waals surface area (Å²) in [5, 5.41) is 0. The van der Waals surface area contributed by atoms with Crippen molar-refractivity contribution in [2.24, 2.45) is 5.73 Å². The molecule has 0 amide bonds. The van der Waals surface area contributed by atoms with Crippen LogP contribution >= 0.6 is 0 Å². The van der Waals surface area contributed by atoms with Gasteiger partial charge in [-0.15, -0.1) is 0 Å². The maximum atomic E-state index is 6.16. The number of rotatable bonds is 0. The molecule has 0 aromatic heterocycles. The molecule has 0 heterocycles. The van der Waals surface area contributed by atoms with Crippen LogP contribution in [-0.2, 0) is 6.42 Å². The standard InChI is InChI=1S/C13H17N/c14-12-8-7-10-4-1-3-9-5-2-6-11(12)13(9)10/h2,5-6,10,12H,1,3-4,7-8,14H2/t10-,12?/m0/s1.